The summed E-state index contributed by atoms with van der Waals surface area (Å²) in [6, 6.07) is 13.1. The van der Waals surface area contributed by atoms with Gasteiger partial charge in [-0.05, 0) is 49.2 Å². The number of Topliss-reactive ketones (excluding diaryl/α,β-unsaturated/α-hetero) is 1. The molecule has 0 fully saturated rings. The molecule has 0 aliphatic carbocycles. The highest BCUT2D eigenvalue weighted by Crippen LogP contribution is 2.23. The normalized spacial score (nSPS) is 10.6. The summed E-state index contributed by atoms with van der Waals surface area (Å²) in [5.41, 5.74) is 4.47. The number of benzene rings is 2. The van der Waals surface area contributed by atoms with Crippen molar-refractivity contribution in [2.24, 2.45) is 0 Å². The number of hydrogen-bond acceptors (Lipinski definition) is 5. The van der Waals surface area contributed by atoms with E-state index in [4.69, 9.17) is 0 Å². The number of rotatable bonds is 6. The van der Waals surface area contributed by atoms with Crippen molar-refractivity contribution < 1.29 is 9.59 Å². The zero-order valence-electron chi connectivity index (χ0n) is 15.4. The Hall–Kier alpha value is -2.93. The van der Waals surface area contributed by atoms with Gasteiger partial charge in [-0.25, -0.2) is 0 Å². The molecule has 1 N–H and O–H groups in total. The molecule has 1 aromatic heterocycles. The second-order valence-electron chi connectivity index (χ2n) is 6.23. The van der Waals surface area contributed by atoms with Crippen LogP contribution in [0.5, 0.6) is 0 Å². The van der Waals surface area contributed by atoms with E-state index in [2.05, 4.69) is 15.5 Å². The van der Waals surface area contributed by atoms with Crippen LogP contribution in [-0.2, 0) is 4.79 Å². The first-order valence-electron chi connectivity index (χ1n) is 8.45. The van der Waals surface area contributed by atoms with Gasteiger partial charge < -0.3 is 5.32 Å². The van der Waals surface area contributed by atoms with Gasteiger partial charge in [0.15, 0.2) is 10.9 Å². The number of anilines is 1. The van der Waals surface area contributed by atoms with E-state index >= 15 is 0 Å². The number of nitrogens with one attached hydrogen (secondary N) is 1. The zero-order valence-corrected chi connectivity index (χ0v) is 16.2. The highest BCUT2D eigenvalue weighted by Gasteiger charge is 2.12. The van der Waals surface area contributed by atoms with Gasteiger partial charge in [0.05, 0.1) is 11.4 Å². The van der Waals surface area contributed by atoms with Crippen LogP contribution < -0.4 is 5.32 Å². The fourth-order valence-corrected chi connectivity index (χ4v) is 3.39. The minimum atomic E-state index is -0.135. The number of aromatic nitrogens is 3. The summed E-state index contributed by atoms with van der Waals surface area (Å²) in [5.74, 6) is 0.182. The molecule has 0 aliphatic heterocycles. The van der Waals surface area contributed by atoms with Crippen LogP contribution in [0.15, 0.2) is 53.9 Å². The van der Waals surface area contributed by atoms with E-state index in [1.807, 2.05) is 56.3 Å². The summed E-state index contributed by atoms with van der Waals surface area (Å²) in [7, 11) is 0. The Balaban J connectivity index is 1.74. The van der Waals surface area contributed by atoms with Gasteiger partial charge in [0.2, 0.25) is 5.91 Å². The van der Waals surface area contributed by atoms with Gasteiger partial charge in [-0.3, -0.25) is 14.2 Å². The number of thioether (sulfide) groups is 1. The van der Waals surface area contributed by atoms with Crippen LogP contribution in [0.1, 0.15) is 28.4 Å². The second kappa shape index (κ2) is 8.18. The maximum atomic E-state index is 12.5. The number of hydrogen-bond donors (Lipinski definition) is 1. The Bertz CT molecular complexity index is 997. The van der Waals surface area contributed by atoms with E-state index in [1.165, 1.54) is 18.7 Å². The summed E-state index contributed by atoms with van der Waals surface area (Å²) in [4.78, 5) is 23.8. The predicted molar refractivity (Wildman–Crippen MR) is 107 cm³/mol. The number of carbonyl (C=O) groups excluding carboxylic acids is 2. The Morgan fingerprint density at radius 1 is 1.11 bits per heavy atom. The van der Waals surface area contributed by atoms with Crippen molar-refractivity contribution in [1.82, 2.24) is 14.8 Å². The van der Waals surface area contributed by atoms with Gasteiger partial charge in [-0.2, -0.15) is 0 Å². The first-order chi connectivity index (χ1) is 12.9. The molecule has 6 nitrogen and oxygen atoms in total. The molecule has 0 saturated carbocycles. The minimum Gasteiger partial charge on any atom is -0.326 e. The lowest BCUT2D eigenvalue weighted by Crippen LogP contribution is -2.07. The molecule has 0 unspecified atom stereocenters. The average Bonchev–Trinajstić information content (AvgIpc) is 3.10. The largest absolute Gasteiger partial charge is 0.326 e. The molecular formula is C20H20N4O2S. The lowest BCUT2D eigenvalue weighted by Gasteiger charge is -2.09. The van der Waals surface area contributed by atoms with Gasteiger partial charge in [-0.15, -0.1) is 10.2 Å². The maximum absolute atomic E-state index is 12.5. The highest BCUT2D eigenvalue weighted by atomic mass is 32.2. The molecule has 2 aromatic carbocycles. The molecule has 3 rings (SSSR count). The number of carbonyl (C=O) groups is 2. The van der Waals surface area contributed by atoms with E-state index in [0.29, 0.717) is 16.4 Å². The van der Waals surface area contributed by atoms with Crippen LogP contribution >= 0.6 is 11.8 Å². The van der Waals surface area contributed by atoms with Crippen LogP contribution in [0.25, 0.3) is 5.69 Å². The van der Waals surface area contributed by atoms with Crippen LogP contribution in [0.4, 0.5) is 5.69 Å². The standard InChI is InChI=1S/C20H20N4O2S/c1-13-7-8-16(9-14(13)2)19(26)11-27-20-23-21-12-24(20)18-6-4-5-17(10-18)22-15(3)25/h4-10,12H,11H2,1-3H3,(H,22,25). The van der Waals surface area contributed by atoms with Gasteiger partial charge >= 0.3 is 0 Å². The smallest absolute Gasteiger partial charge is 0.221 e. The van der Waals surface area contributed by atoms with Crippen molar-refractivity contribution in [2.75, 3.05) is 11.1 Å². The highest BCUT2D eigenvalue weighted by molar-refractivity contribution is 7.99. The Kier molecular flexibility index (Phi) is 5.71. The quantitative estimate of drug-likeness (QED) is 0.520. The summed E-state index contributed by atoms with van der Waals surface area (Å²) >= 11 is 1.33. The van der Waals surface area contributed by atoms with Crippen LogP contribution in [-0.4, -0.2) is 32.2 Å². The third-order valence-corrected chi connectivity index (χ3v) is 5.07. The topological polar surface area (TPSA) is 76.9 Å². The Morgan fingerprint density at radius 2 is 1.93 bits per heavy atom. The first-order valence-corrected chi connectivity index (χ1v) is 9.44. The van der Waals surface area contributed by atoms with Crippen LogP contribution in [0.3, 0.4) is 0 Å². The van der Waals surface area contributed by atoms with Crippen molar-refractivity contribution in [2.45, 2.75) is 25.9 Å². The molecule has 1 amide bonds. The third kappa shape index (κ3) is 4.62. The molecule has 138 valence electrons. The summed E-state index contributed by atoms with van der Waals surface area (Å²) in [5, 5.41) is 11.4. The lowest BCUT2D eigenvalue weighted by atomic mass is 10.0. The third-order valence-electron chi connectivity index (χ3n) is 4.12. The van der Waals surface area contributed by atoms with E-state index in [1.54, 1.807) is 10.9 Å². The molecule has 27 heavy (non-hydrogen) atoms. The predicted octanol–water partition coefficient (Wildman–Crippen LogP) is 3.82. The SMILES string of the molecule is CC(=O)Nc1cccc(-n2cnnc2SCC(=O)c2ccc(C)c(C)c2)c1. The maximum Gasteiger partial charge on any atom is 0.221 e. The molecule has 0 atom stereocenters. The molecule has 0 radical (unpaired) electrons. The lowest BCUT2D eigenvalue weighted by molar-refractivity contribution is -0.114. The first kappa shape index (κ1) is 18.8. The summed E-state index contributed by atoms with van der Waals surface area (Å²) in [6.07, 6.45) is 1.59. The fraction of sp³-hybridized carbons (Fsp3) is 0.200. The zero-order chi connectivity index (χ0) is 19.4. The molecule has 0 bridgehead atoms. The van der Waals surface area contributed by atoms with Crippen molar-refractivity contribution in [3.8, 4) is 5.69 Å². The van der Waals surface area contributed by atoms with Gasteiger partial charge in [0.1, 0.15) is 6.33 Å². The van der Waals surface area contributed by atoms with Gasteiger partial charge in [-0.1, -0.05) is 30.0 Å². The van der Waals surface area contributed by atoms with E-state index in [0.717, 1.165) is 16.8 Å². The van der Waals surface area contributed by atoms with Crippen LogP contribution in [0.2, 0.25) is 0 Å². The number of ketones is 1. The van der Waals surface area contributed by atoms with E-state index < -0.39 is 0 Å². The number of aryl methyl sites for hydroxylation is 2. The molecule has 0 aliphatic rings. The fourth-order valence-electron chi connectivity index (χ4n) is 2.57. The van der Waals surface area contributed by atoms with Gasteiger partial charge in [0.25, 0.3) is 0 Å². The molecule has 7 heteroatoms. The molecule has 3 aromatic rings. The molecule has 0 saturated heterocycles. The molecule has 0 spiro atoms. The average molecular weight is 380 g/mol. The van der Waals surface area contributed by atoms with Crippen molar-refractivity contribution >= 4 is 29.1 Å². The summed E-state index contributed by atoms with van der Waals surface area (Å²) < 4.78 is 1.80. The monoisotopic (exact) mass is 380 g/mol. The Morgan fingerprint density at radius 3 is 2.67 bits per heavy atom. The van der Waals surface area contributed by atoms with Gasteiger partial charge in [0, 0.05) is 18.2 Å². The van der Waals surface area contributed by atoms with Crippen molar-refractivity contribution in [3.05, 3.63) is 65.5 Å². The van der Waals surface area contributed by atoms with Crippen LogP contribution in [0, 0.1) is 13.8 Å². The van der Waals surface area contributed by atoms with E-state index in [-0.39, 0.29) is 17.4 Å². The number of nitrogens with zero attached hydrogens (tertiary/aromatic N) is 3. The van der Waals surface area contributed by atoms with E-state index in [9.17, 15) is 9.59 Å². The summed E-state index contributed by atoms with van der Waals surface area (Å²) in [6.45, 7) is 5.49. The Labute approximate surface area is 162 Å². The van der Waals surface area contributed by atoms with Crippen molar-refractivity contribution in [3.63, 3.8) is 0 Å². The molecule has 1 heterocycles. The van der Waals surface area contributed by atoms with Crippen molar-refractivity contribution in [1.29, 1.82) is 0 Å². The number of amides is 1. The second-order valence-corrected chi connectivity index (χ2v) is 7.17. The molecular weight excluding hydrogens is 360 g/mol. The minimum absolute atomic E-state index is 0.0460.